The summed E-state index contributed by atoms with van der Waals surface area (Å²) in [5.74, 6) is -0.155. The molecule has 0 atom stereocenters. The molecule has 1 aromatic carbocycles. The summed E-state index contributed by atoms with van der Waals surface area (Å²) in [7, 11) is 0. The number of nitrogens with one attached hydrogen (secondary N) is 1. The fourth-order valence-corrected chi connectivity index (χ4v) is 3.49. The highest BCUT2D eigenvalue weighted by Crippen LogP contribution is 2.20. The first-order valence-corrected chi connectivity index (χ1v) is 9.88. The van der Waals surface area contributed by atoms with Crippen LogP contribution >= 0.6 is 0 Å². The number of carbonyl (C=O) groups is 3. The molecule has 0 saturated carbocycles. The van der Waals surface area contributed by atoms with Gasteiger partial charge in [0.2, 0.25) is 11.8 Å². The Labute approximate surface area is 167 Å². The molecule has 2 rings (SSSR count). The lowest BCUT2D eigenvalue weighted by Crippen LogP contribution is -2.49. The third kappa shape index (κ3) is 5.71. The molecular weight excluding hydrogens is 358 g/mol. The molecule has 7 heteroatoms. The van der Waals surface area contributed by atoms with Gasteiger partial charge in [-0.3, -0.25) is 9.59 Å². The first kappa shape index (κ1) is 21.7. The lowest BCUT2D eigenvalue weighted by atomic mass is 10.0. The number of nitrogens with zero attached hydrogens (tertiary/aromatic N) is 2. The van der Waals surface area contributed by atoms with Crippen LogP contribution in [0.2, 0.25) is 0 Å². The van der Waals surface area contributed by atoms with Crippen LogP contribution < -0.4 is 5.32 Å². The first-order chi connectivity index (χ1) is 13.3. The summed E-state index contributed by atoms with van der Waals surface area (Å²) >= 11 is 0. The second-order valence-corrected chi connectivity index (χ2v) is 7.18. The summed E-state index contributed by atoms with van der Waals surface area (Å²) in [4.78, 5) is 39.7. The minimum absolute atomic E-state index is 0.0386. The van der Waals surface area contributed by atoms with E-state index >= 15 is 0 Å². The Morgan fingerprint density at radius 3 is 2.50 bits per heavy atom. The van der Waals surface area contributed by atoms with Crippen LogP contribution in [-0.2, 0) is 14.3 Å². The largest absolute Gasteiger partial charge is 0.450 e. The van der Waals surface area contributed by atoms with E-state index in [-0.39, 0.29) is 30.4 Å². The molecule has 0 aliphatic carbocycles. The number of hydrogen-bond acceptors (Lipinski definition) is 4. The van der Waals surface area contributed by atoms with Crippen LogP contribution in [0.1, 0.15) is 44.2 Å². The van der Waals surface area contributed by atoms with Crippen molar-refractivity contribution in [2.45, 2.75) is 53.0 Å². The zero-order valence-corrected chi connectivity index (χ0v) is 17.3. The quantitative estimate of drug-likeness (QED) is 0.811. The van der Waals surface area contributed by atoms with Gasteiger partial charge < -0.3 is 19.9 Å². The maximum atomic E-state index is 12.4. The third-order valence-corrected chi connectivity index (χ3v) is 5.29. The zero-order chi connectivity index (χ0) is 20.7. The van der Waals surface area contributed by atoms with E-state index in [1.165, 1.54) is 6.92 Å². The molecule has 0 spiro atoms. The Balaban J connectivity index is 1.88. The van der Waals surface area contributed by atoms with Gasteiger partial charge in [-0.2, -0.15) is 0 Å². The Kier molecular flexibility index (Phi) is 7.84. The van der Waals surface area contributed by atoms with Crippen molar-refractivity contribution in [2.75, 3.05) is 31.6 Å². The molecular formula is C21H31N3O4. The summed E-state index contributed by atoms with van der Waals surface area (Å²) in [5.41, 5.74) is 2.98. The molecule has 1 aromatic rings. The highest BCUT2D eigenvalue weighted by molar-refractivity contribution is 5.92. The van der Waals surface area contributed by atoms with Gasteiger partial charge in [-0.1, -0.05) is 12.1 Å². The second-order valence-electron chi connectivity index (χ2n) is 7.18. The van der Waals surface area contributed by atoms with Gasteiger partial charge >= 0.3 is 6.09 Å². The average molecular weight is 389 g/mol. The number of ether oxygens (including phenoxy) is 1. The van der Waals surface area contributed by atoms with Gasteiger partial charge in [0.1, 0.15) is 0 Å². The summed E-state index contributed by atoms with van der Waals surface area (Å²) < 4.78 is 5.03. The Morgan fingerprint density at radius 2 is 1.89 bits per heavy atom. The van der Waals surface area contributed by atoms with Crippen LogP contribution in [0.25, 0.3) is 0 Å². The fraction of sp³-hybridized carbons (Fsp3) is 0.571. The van der Waals surface area contributed by atoms with Crippen molar-refractivity contribution in [3.8, 4) is 0 Å². The molecule has 0 aromatic heterocycles. The number of rotatable bonds is 6. The molecule has 0 unspecified atom stereocenters. The van der Waals surface area contributed by atoms with Gasteiger partial charge in [0.05, 0.1) is 6.61 Å². The smallest absolute Gasteiger partial charge is 0.409 e. The summed E-state index contributed by atoms with van der Waals surface area (Å²) in [5, 5.41) is 2.94. The second kappa shape index (κ2) is 10.1. The highest BCUT2D eigenvalue weighted by Gasteiger charge is 2.29. The van der Waals surface area contributed by atoms with Crippen molar-refractivity contribution in [3.05, 3.63) is 29.3 Å². The predicted octanol–water partition coefficient (Wildman–Crippen LogP) is 3.10. The molecule has 0 bridgehead atoms. The predicted molar refractivity (Wildman–Crippen MR) is 108 cm³/mol. The van der Waals surface area contributed by atoms with E-state index < -0.39 is 0 Å². The van der Waals surface area contributed by atoms with Crippen LogP contribution in [0.5, 0.6) is 0 Å². The van der Waals surface area contributed by atoms with Crippen molar-refractivity contribution in [1.29, 1.82) is 0 Å². The topological polar surface area (TPSA) is 79.0 Å². The van der Waals surface area contributed by atoms with E-state index in [4.69, 9.17) is 4.74 Å². The van der Waals surface area contributed by atoms with Crippen molar-refractivity contribution in [1.82, 2.24) is 9.80 Å². The standard InChI is InChI=1S/C21H31N3O4/c1-5-28-21(27)23-12-9-18(10-13-23)24(17(4)25)14-11-20(26)22-19-8-6-7-15(2)16(19)3/h6-8,18H,5,9-14H2,1-4H3,(H,22,26). The summed E-state index contributed by atoms with van der Waals surface area (Å²) in [6.07, 6.45) is 1.32. The number of amides is 3. The number of anilines is 1. The van der Waals surface area contributed by atoms with Crippen LogP contribution in [0.3, 0.4) is 0 Å². The maximum Gasteiger partial charge on any atom is 0.409 e. The fourth-order valence-electron chi connectivity index (χ4n) is 3.49. The Morgan fingerprint density at radius 1 is 1.21 bits per heavy atom. The van der Waals surface area contributed by atoms with Gasteiger partial charge in [-0.25, -0.2) is 4.79 Å². The van der Waals surface area contributed by atoms with Crippen LogP contribution in [-0.4, -0.2) is 60.0 Å². The maximum absolute atomic E-state index is 12.4. The molecule has 0 radical (unpaired) electrons. The first-order valence-electron chi connectivity index (χ1n) is 9.88. The molecule has 28 heavy (non-hydrogen) atoms. The lowest BCUT2D eigenvalue weighted by Gasteiger charge is -2.37. The minimum atomic E-state index is -0.303. The molecule has 7 nitrogen and oxygen atoms in total. The van der Waals surface area contributed by atoms with E-state index in [1.807, 2.05) is 32.0 Å². The highest BCUT2D eigenvalue weighted by atomic mass is 16.6. The number of aryl methyl sites for hydroxylation is 1. The molecule has 1 heterocycles. The van der Waals surface area contributed by atoms with Crippen LogP contribution in [0, 0.1) is 13.8 Å². The molecule has 1 aliphatic rings. The van der Waals surface area contributed by atoms with Crippen molar-refractivity contribution in [2.24, 2.45) is 0 Å². The van der Waals surface area contributed by atoms with E-state index in [0.29, 0.717) is 39.1 Å². The third-order valence-electron chi connectivity index (χ3n) is 5.29. The van der Waals surface area contributed by atoms with Gasteiger partial charge in [-0.15, -0.1) is 0 Å². The SMILES string of the molecule is CCOC(=O)N1CCC(N(CCC(=O)Nc2cccc(C)c2C)C(C)=O)CC1. The minimum Gasteiger partial charge on any atom is -0.450 e. The van der Waals surface area contributed by atoms with Gasteiger partial charge in [-0.05, 0) is 50.8 Å². The number of piperidine rings is 1. The Bertz CT molecular complexity index is 712. The lowest BCUT2D eigenvalue weighted by molar-refractivity contribution is -0.132. The molecule has 154 valence electrons. The Hall–Kier alpha value is -2.57. The molecule has 1 N–H and O–H groups in total. The van der Waals surface area contributed by atoms with Gasteiger partial charge in [0.15, 0.2) is 0 Å². The van der Waals surface area contributed by atoms with Gasteiger partial charge in [0.25, 0.3) is 0 Å². The van der Waals surface area contributed by atoms with Crippen molar-refractivity contribution < 1.29 is 19.1 Å². The van der Waals surface area contributed by atoms with Crippen LogP contribution in [0.15, 0.2) is 18.2 Å². The van der Waals surface area contributed by atoms with Crippen molar-refractivity contribution in [3.63, 3.8) is 0 Å². The number of benzene rings is 1. The van der Waals surface area contributed by atoms with E-state index in [0.717, 1.165) is 16.8 Å². The number of carbonyl (C=O) groups excluding carboxylic acids is 3. The van der Waals surface area contributed by atoms with E-state index in [1.54, 1.807) is 16.7 Å². The normalized spacial score (nSPS) is 14.5. The molecule has 1 saturated heterocycles. The van der Waals surface area contributed by atoms with Crippen LogP contribution in [0.4, 0.5) is 10.5 Å². The molecule has 1 aliphatic heterocycles. The monoisotopic (exact) mass is 389 g/mol. The van der Waals surface area contributed by atoms with E-state index in [9.17, 15) is 14.4 Å². The average Bonchev–Trinajstić information content (AvgIpc) is 2.66. The molecule has 1 fully saturated rings. The zero-order valence-electron chi connectivity index (χ0n) is 17.3. The van der Waals surface area contributed by atoms with Gasteiger partial charge in [0, 0.05) is 44.7 Å². The summed E-state index contributed by atoms with van der Waals surface area (Å²) in [6.45, 7) is 9.13. The number of hydrogen-bond donors (Lipinski definition) is 1. The number of likely N-dealkylation sites (tertiary alicyclic amines) is 1. The summed E-state index contributed by atoms with van der Waals surface area (Å²) in [6, 6.07) is 5.84. The molecule has 3 amide bonds. The van der Waals surface area contributed by atoms with Crippen molar-refractivity contribution >= 4 is 23.6 Å². The van der Waals surface area contributed by atoms with E-state index in [2.05, 4.69) is 5.32 Å².